The van der Waals surface area contributed by atoms with Crippen LogP contribution in [0.3, 0.4) is 0 Å². The van der Waals surface area contributed by atoms with Crippen LogP contribution in [0.1, 0.15) is 19.4 Å². The van der Waals surface area contributed by atoms with E-state index in [1.54, 1.807) is 23.2 Å². The number of aromatic nitrogens is 2. The Morgan fingerprint density at radius 3 is 2.24 bits per heavy atom. The van der Waals surface area contributed by atoms with Crippen molar-refractivity contribution in [2.75, 3.05) is 18.0 Å². The van der Waals surface area contributed by atoms with Gasteiger partial charge in [0, 0.05) is 39.1 Å². The minimum Gasteiger partial charge on any atom is -0.372 e. The first-order chi connectivity index (χ1) is 12.0. The third-order valence-electron chi connectivity index (χ3n) is 4.64. The standard InChI is InChI=1S/C20H24N4O/c1-5-24(6-2)17-10-7-15(8-11-17)14-21-16-9-12-18-19(13-16)23(4)20(25)22(18)3/h7-14H,5-6H2,1-4H3. The summed E-state index contributed by atoms with van der Waals surface area (Å²) in [5.41, 5.74) is 4.89. The Hall–Kier alpha value is -2.82. The zero-order valence-electron chi connectivity index (χ0n) is 15.2. The van der Waals surface area contributed by atoms with Gasteiger partial charge in [0.25, 0.3) is 0 Å². The number of aliphatic imine (C=N–C) groups is 1. The van der Waals surface area contributed by atoms with Gasteiger partial charge >= 0.3 is 5.69 Å². The molecular formula is C20H24N4O. The van der Waals surface area contributed by atoms with Gasteiger partial charge < -0.3 is 4.90 Å². The van der Waals surface area contributed by atoms with E-state index < -0.39 is 0 Å². The monoisotopic (exact) mass is 336 g/mol. The number of rotatable bonds is 5. The summed E-state index contributed by atoms with van der Waals surface area (Å²) in [7, 11) is 3.56. The first kappa shape index (κ1) is 17.0. The second-order valence-electron chi connectivity index (χ2n) is 6.10. The number of nitrogens with zero attached hydrogens (tertiary/aromatic N) is 4. The van der Waals surface area contributed by atoms with Crippen molar-refractivity contribution in [2.24, 2.45) is 19.1 Å². The fraction of sp³-hybridized carbons (Fsp3) is 0.300. The molecule has 0 saturated carbocycles. The van der Waals surface area contributed by atoms with Crippen molar-refractivity contribution in [2.45, 2.75) is 13.8 Å². The number of anilines is 1. The molecule has 0 bridgehead atoms. The third kappa shape index (κ3) is 3.22. The molecule has 0 aliphatic rings. The Bertz CT molecular complexity index is 960. The van der Waals surface area contributed by atoms with Crippen LogP contribution < -0.4 is 10.6 Å². The minimum absolute atomic E-state index is 0.0249. The largest absolute Gasteiger partial charge is 0.372 e. The maximum atomic E-state index is 12.0. The van der Waals surface area contributed by atoms with Gasteiger partial charge in [-0.05, 0) is 49.7 Å². The number of aryl methyl sites for hydroxylation is 2. The van der Waals surface area contributed by atoms with Crippen molar-refractivity contribution in [1.82, 2.24) is 9.13 Å². The van der Waals surface area contributed by atoms with Crippen molar-refractivity contribution in [3.8, 4) is 0 Å². The molecule has 0 N–H and O–H groups in total. The van der Waals surface area contributed by atoms with Crippen LogP contribution in [0.15, 0.2) is 52.3 Å². The smallest absolute Gasteiger partial charge is 0.328 e. The summed E-state index contributed by atoms with van der Waals surface area (Å²) in [6.45, 7) is 6.32. The average molecular weight is 336 g/mol. The van der Waals surface area contributed by atoms with Crippen LogP contribution in [0.4, 0.5) is 11.4 Å². The molecule has 0 fully saturated rings. The van der Waals surface area contributed by atoms with E-state index in [4.69, 9.17) is 0 Å². The maximum absolute atomic E-state index is 12.0. The molecule has 0 radical (unpaired) electrons. The lowest BCUT2D eigenvalue weighted by Crippen LogP contribution is -2.21. The number of benzene rings is 2. The van der Waals surface area contributed by atoms with E-state index >= 15 is 0 Å². The highest BCUT2D eigenvalue weighted by atomic mass is 16.1. The summed E-state index contributed by atoms with van der Waals surface area (Å²) < 4.78 is 3.29. The van der Waals surface area contributed by atoms with E-state index in [2.05, 4.69) is 48.0 Å². The Kier molecular flexibility index (Phi) is 4.74. The van der Waals surface area contributed by atoms with Gasteiger partial charge in [-0.2, -0.15) is 0 Å². The zero-order chi connectivity index (χ0) is 18.0. The zero-order valence-corrected chi connectivity index (χ0v) is 15.2. The van der Waals surface area contributed by atoms with E-state index in [1.807, 2.05) is 24.4 Å². The highest BCUT2D eigenvalue weighted by Crippen LogP contribution is 2.20. The summed E-state index contributed by atoms with van der Waals surface area (Å²) in [4.78, 5) is 18.9. The van der Waals surface area contributed by atoms with E-state index in [0.29, 0.717) is 0 Å². The third-order valence-corrected chi connectivity index (χ3v) is 4.64. The predicted octanol–water partition coefficient (Wildman–Crippen LogP) is 3.47. The van der Waals surface area contributed by atoms with Crippen LogP contribution in [-0.4, -0.2) is 28.4 Å². The normalized spacial score (nSPS) is 11.5. The van der Waals surface area contributed by atoms with Crippen LogP contribution >= 0.6 is 0 Å². The molecule has 0 unspecified atom stereocenters. The quantitative estimate of drug-likeness (QED) is 0.670. The molecule has 3 rings (SSSR count). The van der Waals surface area contributed by atoms with Gasteiger partial charge in [0.15, 0.2) is 0 Å². The Labute approximate surface area is 147 Å². The number of hydrogen-bond acceptors (Lipinski definition) is 3. The van der Waals surface area contributed by atoms with E-state index in [9.17, 15) is 4.79 Å². The molecule has 1 heterocycles. The van der Waals surface area contributed by atoms with Crippen molar-refractivity contribution in [3.05, 3.63) is 58.5 Å². The van der Waals surface area contributed by atoms with Gasteiger partial charge in [0.05, 0.1) is 16.7 Å². The average Bonchev–Trinajstić information content (AvgIpc) is 2.86. The topological polar surface area (TPSA) is 42.5 Å². The first-order valence-corrected chi connectivity index (χ1v) is 8.59. The fourth-order valence-electron chi connectivity index (χ4n) is 3.08. The Morgan fingerprint density at radius 1 is 0.960 bits per heavy atom. The molecule has 25 heavy (non-hydrogen) atoms. The summed E-state index contributed by atoms with van der Waals surface area (Å²) in [5, 5.41) is 0. The lowest BCUT2D eigenvalue weighted by Gasteiger charge is -2.20. The van der Waals surface area contributed by atoms with Gasteiger partial charge in [0.1, 0.15) is 0 Å². The molecule has 0 atom stereocenters. The molecule has 5 heteroatoms. The Balaban J connectivity index is 1.85. The van der Waals surface area contributed by atoms with Crippen LogP contribution in [0.2, 0.25) is 0 Å². The van der Waals surface area contributed by atoms with Gasteiger partial charge in [-0.1, -0.05) is 12.1 Å². The molecular weight excluding hydrogens is 312 g/mol. The van der Waals surface area contributed by atoms with Crippen LogP contribution in [-0.2, 0) is 14.1 Å². The molecule has 0 spiro atoms. The van der Waals surface area contributed by atoms with Gasteiger partial charge in [0.2, 0.25) is 0 Å². The molecule has 130 valence electrons. The number of hydrogen-bond donors (Lipinski definition) is 0. The molecule has 5 nitrogen and oxygen atoms in total. The molecule has 0 aliphatic carbocycles. The highest BCUT2D eigenvalue weighted by molar-refractivity contribution is 5.85. The van der Waals surface area contributed by atoms with E-state index in [-0.39, 0.29) is 5.69 Å². The number of imidazole rings is 1. The van der Waals surface area contributed by atoms with Crippen molar-refractivity contribution in [1.29, 1.82) is 0 Å². The summed E-state index contributed by atoms with van der Waals surface area (Å²) in [6, 6.07) is 14.2. The number of fused-ring (bicyclic) bond motifs is 1. The molecule has 2 aromatic carbocycles. The first-order valence-electron chi connectivity index (χ1n) is 8.59. The van der Waals surface area contributed by atoms with Gasteiger partial charge in [-0.3, -0.25) is 14.1 Å². The molecule has 0 saturated heterocycles. The Morgan fingerprint density at radius 2 is 1.60 bits per heavy atom. The SMILES string of the molecule is CCN(CC)c1ccc(C=Nc2ccc3c(c2)n(C)c(=O)n3C)cc1. The van der Waals surface area contributed by atoms with Crippen LogP contribution in [0.25, 0.3) is 11.0 Å². The van der Waals surface area contributed by atoms with Gasteiger partial charge in [-0.15, -0.1) is 0 Å². The second-order valence-corrected chi connectivity index (χ2v) is 6.10. The van der Waals surface area contributed by atoms with Crippen molar-refractivity contribution < 1.29 is 0 Å². The summed E-state index contributed by atoms with van der Waals surface area (Å²) >= 11 is 0. The molecule has 0 amide bonds. The van der Waals surface area contributed by atoms with Crippen molar-refractivity contribution >= 4 is 28.6 Å². The van der Waals surface area contributed by atoms with Gasteiger partial charge in [-0.25, -0.2) is 4.79 Å². The molecule has 0 aliphatic heterocycles. The lowest BCUT2D eigenvalue weighted by atomic mass is 10.2. The fourth-order valence-corrected chi connectivity index (χ4v) is 3.08. The summed E-state index contributed by atoms with van der Waals surface area (Å²) in [6.07, 6.45) is 1.86. The summed E-state index contributed by atoms with van der Waals surface area (Å²) in [5.74, 6) is 0. The molecule has 1 aromatic heterocycles. The minimum atomic E-state index is -0.0249. The van der Waals surface area contributed by atoms with E-state index in [0.717, 1.165) is 35.4 Å². The van der Waals surface area contributed by atoms with E-state index in [1.165, 1.54) is 5.69 Å². The maximum Gasteiger partial charge on any atom is 0.328 e. The van der Waals surface area contributed by atoms with Crippen LogP contribution in [0, 0.1) is 0 Å². The lowest BCUT2D eigenvalue weighted by molar-refractivity contribution is 0.795. The van der Waals surface area contributed by atoms with Crippen molar-refractivity contribution in [3.63, 3.8) is 0 Å². The molecule has 3 aromatic rings. The predicted molar refractivity (Wildman–Crippen MR) is 105 cm³/mol. The second kappa shape index (κ2) is 6.97. The van der Waals surface area contributed by atoms with Crippen LogP contribution in [0.5, 0.6) is 0 Å². The highest BCUT2D eigenvalue weighted by Gasteiger charge is 2.07.